The predicted octanol–water partition coefficient (Wildman–Crippen LogP) is 3.27. The number of hydrogen-bond acceptors (Lipinski definition) is 7. The Labute approximate surface area is 196 Å². The summed E-state index contributed by atoms with van der Waals surface area (Å²) in [6, 6.07) is 7.11. The molecule has 34 heavy (non-hydrogen) atoms. The van der Waals surface area contributed by atoms with Crippen molar-refractivity contribution in [1.82, 2.24) is 4.98 Å². The highest BCUT2D eigenvalue weighted by Gasteiger charge is 2.57. The van der Waals surface area contributed by atoms with Crippen molar-refractivity contribution in [3.8, 4) is 16.9 Å². The van der Waals surface area contributed by atoms with Crippen molar-refractivity contribution in [1.29, 1.82) is 0 Å². The number of aryl methyl sites for hydroxylation is 1. The van der Waals surface area contributed by atoms with E-state index in [9.17, 15) is 24.9 Å². The smallest absolute Gasteiger partial charge is 0.248 e. The molecule has 3 aliphatic carbocycles. The topological polar surface area (TPSA) is 143 Å². The van der Waals surface area contributed by atoms with Crippen molar-refractivity contribution in [3.63, 3.8) is 0 Å². The fourth-order valence-electron chi connectivity index (χ4n) is 5.88. The molecule has 8 nitrogen and oxygen atoms in total. The molecule has 8 heteroatoms. The quantitative estimate of drug-likeness (QED) is 0.548. The van der Waals surface area contributed by atoms with Gasteiger partial charge >= 0.3 is 0 Å². The molecule has 0 saturated heterocycles. The molecule has 3 atom stereocenters. The van der Waals surface area contributed by atoms with Crippen LogP contribution in [0, 0.1) is 18.8 Å². The fourth-order valence-corrected chi connectivity index (χ4v) is 5.88. The van der Waals surface area contributed by atoms with Crippen LogP contribution in [0.5, 0.6) is 5.75 Å². The number of primary amides is 1. The van der Waals surface area contributed by atoms with Gasteiger partial charge in [0, 0.05) is 48.9 Å². The fraction of sp³-hybridized carbons (Fsp3) is 0.346. The number of nitrogens with zero attached hydrogens (tertiary/aromatic N) is 1. The Bertz CT molecular complexity index is 1290. The van der Waals surface area contributed by atoms with Crippen LogP contribution in [0.25, 0.3) is 16.9 Å². The molecule has 0 aliphatic heterocycles. The summed E-state index contributed by atoms with van der Waals surface area (Å²) in [5.41, 5.74) is 7.69. The normalized spacial score (nSPS) is 26.1. The van der Waals surface area contributed by atoms with E-state index in [0.717, 1.165) is 22.4 Å². The van der Waals surface area contributed by atoms with E-state index in [1.165, 1.54) is 13.2 Å². The third kappa shape index (κ3) is 3.05. The lowest BCUT2D eigenvalue weighted by Crippen LogP contribution is -2.57. The zero-order valence-electron chi connectivity index (χ0n) is 19.0. The van der Waals surface area contributed by atoms with Gasteiger partial charge in [0.05, 0.1) is 11.1 Å². The van der Waals surface area contributed by atoms with Gasteiger partial charge in [-0.1, -0.05) is 12.1 Å². The largest absolute Gasteiger partial charge is 0.512 e. The highest BCUT2D eigenvalue weighted by molar-refractivity contribution is 6.10. The number of hydrogen-bond donors (Lipinski definition) is 4. The summed E-state index contributed by atoms with van der Waals surface area (Å²) in [5, 5.41) is 32.4. The van der Waals surface area contributed by atoms with Crippen molar-refractivity contribution in [2.45, 2.75) is 38.2 Å². The Kier molecular flexibility index (Phi) is 5.02. The third-order valence-corrected chi connectivity index (χ3v) is 7.61. The van der Waals surface area contributed by atoms with Crippen molar-refractivity contribution in [2.24, 2.45) is 17.6 Å². The first-order chi connectivity index (χ1) is 16.2. The van der Waals surface area contributed by atoms with Crippen LogP contribution in [0.1, 0.15) is 36.1 Å². The second-order valence-corrected chi connectivity index (χ2v) is 9.36. The summed E-state index contributed by atoms with van der Waals surface area (Å²) in [7, 11) is 1.39. The lowest BCUT2D eigenvalue weighted by Gasteiger charge is -2.49. The molecule has 1 amide bonds. The molecular weight excluding hydrogens is 436 g/mol. The number of benzene rings is 1. The molecule has 1 fully saturated rings. The van der Waals surface area contributed by atoms with E-state index in [-0.39, 0.29) is 52.7 Å². The van der Waals surface area contributed by atoms with Crippen LogP contribution in [0.15, 0.2) is 47.4 Å². The number of allylic oxidation sites excluding steroid dienone is 1. The number of aliphatic hydroxyl groups excluding tert-OH is 2. The molecule has 5 N–H and O–H groups in total. The maximum absolute atomic E-state index is 13.9. The van der Waals surface area contributed by atoms with Crippen molar-refractivity contribution in [2.75, 3.05) is 7.11 Å². The maximum Gasteiger partial charge on any atom is 0.248 e. The summed E-state index contributed by atoms with van der Waals surface area (Å²) in [6.45, 7) is 1.89. The summed E-state index contributed by atoms with van der Waals surface area (Å²) >= 11 is 0. The highest BCUT2D eigenvalue weighted by atomic mass is 16.5. The van der Waals surface area contributed by atoms with Crippen molar-refractivity contribution < 1.29 is 29.6 Å². The molecule has 3 aliphatic rings. The van der Waals surface area contributed by atoms with Crippen LogP contribution in [0.2, 0.25) is 0 Å². The first-order valence-electron chi connectivity index (χ1n) is 11.2. The number of phenols is 1. The number of carbonyl (C=O) groups is 2. The number of ketones is 1. The molecule has 0 spiro atoms. The van der Waals surface area contributed by atoms with Gasteiger partial charge in [-0.3, -0.25) is 14.6 Å². The minimum atomic E-state index is -1.41. The molecule has 1 heterocycles. The molecular formula is C26H26N2O6. The van der Waals surface area contributed by atoms with Crippen LogP contribution in [-0.2, 0) is 20.7 Å². The second-order valence-electron chi connectivity index (χ2n) is 9.36. The number of rotatable bonds is 3. The predicted molar refractivity (Wildman–Crippen MR) is 124 cm³/mol. The number of carbonyl (C=O) groups excluding carboxylic acids is 2. The average Bonchev–Trinajstić information content (AvgIpc) is 2.79. The minimum Gasteiger partial charge on any atom is -0.512 e. The third-order valence-electron chi connectivity index (χ3n) is 7.61. The van der Waals surface area contributed by atoms with Crippen LogP contribution >= 0.6 is 0 Å². The summed E-state index contributed by atoms with van der Waals surface area (Å²) < 4.78 is 5.72. The molecule has 0 radical (unpaired) electrons. The first kappa shape index (κ1) is 22.2. The Morgan fingerprint density at radius 3 is 2.59 bits per heavy atom. The van der Waals surface area contributed by atoms with E-state index >= 15 is 0 Å². The van der Waals surface area contributed by atoms with E-state index in [2.05, 4.69) is 4.98 Å². The average molecular weight is 463 g/mol. The lowest BCUT2D eigenvalue weighted by molar-refractivity contribution is -0.152. The number of ether oxygens (including phenoxy) is 1. The molecule has 1 saturated carbocycles. The second kappa shape index (κ2) is 7.70. The summed E-state index contributed by atoms with van der Waals surface area (Å²) in [5.74, 6) is -2.48. The lowest BCUT2D eigenvalue weighted by atomic mass is 9.58. The van der Waals surface area contributed by atoms with Crippen LogP contribution in [0.4, 0.5) is 0 Å². The van der Waals surface area contributed by atoms with Gasteiger partial charge in [-0.25, -0.2) is 0 Å². The van der Waals surface area contributed by atoms with Crippen LogP contribution in [0.3, 0.4) is 0 Å². The molecule has 176 valence electrons. The van der Waals surface area contributed by atoms with Gasteiger partial charge < -0.3 is 25.8 Å². The van der Waals surface area contributed by atoms with Gasteiger partial charge in [-0.15, -0.1) is 0 Å². The van der Waals surface area contributed by atoms with Gasteiger partial charge in [-0.05, 0) is 48.9 Å². The number of amides is 1. The molecule has 2 aromatic rings. The van der Waals surface area contributed by atoms with Crippen LogP contribution in [-0.4, -0.2) is 44.7 Å². The zero-order chi connectivity index (χ0) is 24.4. The molecule has 1 aromatic carbocycles. The molecule has 5 rings (SSSR count). The number of fused-ring (bicyclic) bond motifs is 3. The number of Topliss-reactive ketones (excluding diaryl/α,β-unsaturated/α-hetero) is 1. The zero-order valence-corrected chi connectivity index (χ0v) is 19.0. The van der Waals surface area contributed by atoms with Gasteiger partial charge in [0.2, 0.25) is 5.91 Å². The van der Waals surface area contributed by atoms with E-state index in [0.29, 0.717) is 12.8 Å². The number of aliphatic hydroxyl groups is 2. The van der Waals surface area contributed by atoms with Crippen molar-refractivity contribution >= 4 is 17.4 Å². The number of phenolic OH excluding ortho intramolecular Hbond substituents is 1. The van der Waals surface area contributed by atoms with E-state index < -0.39 is 23.2 Å². The van der Waals surface area contributed by atoms with E-state index in [1.54, 1.807) is 12.3 Å². The minimum absolute atomic E-state index is 0.0294. The number of aromatic nitrogens is 1. The SMILES string of the molecule is CO[C@@]12CC(C(N)=O)=C(O)C[C@@H]1C[C@@H]1Cc3c(-c4ccc(C)nc4)ccc(O)c3C(O)=C1C2=O. The molecule has 0 bridgehead atoms. The number of aromatic hydroxyl groups is 1. The summed E-state index contributed by atoms with van der Waals surface area (Å²) in [4.78, 5) is 30.1. The summed E-state index contributed by atoms with van der Waals surface area (Å²) in [6.07, 6.45) is 2.54. The Morgan fingerprint density at radius 1 is 1.18 bits per heavy atom. The maximum atomic E-state index is 13.9. The van der Waals surface area contributed by atoms with Crippen molar-refractivity contribution in [3.05, 3.63) is 64.2 Å². The first-order valence-corrected chi connectivity index (χ1v) is 11.2. The van der Waals surface area contributed by atoms with Gasteiger partial charge in [0.1, 0.15) is 22.9 Å². The van der Waals surface area contributed by atoms with Gasteiger partial charge in [-0.2, -0.15) is 0 Å². The number of nitrogens with two attached hydrogens (primary N) is 1. The van der Waals surface area contributed by atoms with E-state index in [1.807, 2.05) is 19.1 Å². The number of methoxy groups -OCH3 is 1. The Hall–Kier alpha value is -3.65. The van der Waals surface area contributed by atoms with Crippen LogP contribution < -0.4 is 5.73 Å². The standard InChI is InChI=1S/C26H26N2O6/c1-12-3-4-13(11-28-12)16-5-6-19(29)22-17(16)8-14-7-15-9-20(30)18(25(27)33)10-26(15,34-2)24(32)21(14)23(22)31/h3-6,11,14-15,29-31H,7-10H2,1-2H3,(H2,27,33)/t14-,15+,26+/m1/s1. The Morgan fingerprint density at radius 2 is 1.94 bits per heavy atom. The molecule has 0 unspecified atom stereocenters. The monoisotopic (exact) mass is 462 g/mol. The van der Waals surface area contributed by atoms with Gasteiger partial charge in [0.15, 0.2) is 5.78 Å². The molecule has 1 aromatic heterocycles. The number of pyridine rings is 1. The van der Waals surface area contributed by atoms with E-state index in [4.69, 9.17) is 10.5 Å². The highest BCUT2D eigenvalue weighted by Crippen LogP contribution is 2.54. The van der Waals surface area contributed by atoms with Gasteiger partial charge in [0.25, 0.3) is 0 Å². The Balaban J connectivity index is 1.67.